The number of esters is 3. The maximum Gasteiger partial charge on any atom is 0.306 e. The van der Waals surface area contributed by atoms with E-state index in [-0.39, 0.29) is 37.5 Å². The van der Waals surface area contributed by atoms with Gasteiger partial charge in [-0.1, -0.05) is 234 Å². The molecule has 1 unspecified atom stereocenters. The van der Waals surface area contributed by atoms with E-state index in [0.717, 1.165) is 103 Å². The topological polar surface area (TPSA) is 78.9 Å². The van der Waals surface area contributed by atoms with Gasteiger partial charge < -0.3 is 14.2 Å². The lowest BCUT2D eigenvalue weighted by Gasteiger charge is -2.18. The first kappa shape index (κ1) is 62.3. The van der Waals surface area contributed by atoms with E-state index in [4.69, 9.17) is 14.2 Å². The summed E-state index contributed by atoms with van der Waals surface area (Å²) in [5.41, 5.74) is 0. The Morgan fingerprint density at radius 1 is 0.318 bits per heavy atom. The number of unbranched alkanes of at least 4 members (excludes halogenated alkanes) is 21. The van der Waals surface area contributed by atoms with Crippen LogP contribution in [0.5, 0.6) is 0 Å². The van der Waals surface area contributed by atoms with Crippen molar-refractivity contribution in [3.05, 3.63) is 97.2 Å². The Bertz CT molecular complexity index is 1330. The molecule has 0 amide bonds. The van der Waals surface area contributed by atoms with E-state index < -0.39 is 6.10 Å². The minimum absolute atomic E-state index is 0.110. The van der Waals surface area contributed by atoms with Crippen LogP contribution >= 0.6 is 0 Å². The van der Waals surface area contributed by atoms with Gasteiger partial charge >= 0.3 is 17.9 Å². The van der Waals surface area contributed by atoms with Crippen molar-refractivity contribution in [1.82, 2.24) is 0 Å². The first-order valence-corrected chi connectivity index (χ1v) is 27.2. The molecule has 376 valence electrons. The highest BCUT2D eigenvalue weighted by Gasteiger charge is 2.19. The van der Waals surface area contributed by atoms with E-state index >= 15 is 0 Å². The van der Waals surface area contributed by atoms with E-state index in [1.165, 1.54) is 96.3 Å². The molecule has 1 atom stereocenters. The minimum Gasteiger partial charge on any atom is -0.462 e. The second kappa shape index (κ2) is 53.9. The predicted molar refractivity (Wildman–Crippen MR) is 284 cm³/mol. The van der Waals surface area contributed by atoms with Crippen LogP contribution in [-0.2, 0) is 28.6 Å². The largest absolute Gasteiger partial charge is 0.462 e. The van der Waals surface area contributed by atoms with Crippen LogP contribution in [0, 0.1) is 0 Å². The summed E-state index contributed by atoms with van der Waals surface area (Å²) in [6.07, 6.45) is 71.2. The Morgan fingerprint density at radius 2 is 0.606 bits per heavy atom. The molecule has 0 aromatic rings. The van der Waals surface area contributed by atoms with Crippen LogP contribution in [-0.4, -0.2) is 37.2 Å². The van der Waals surface area contributed by atoms with Crippen molar-refractivity contribution in [2.45, 2.75) is 252 Å². The molecule has 0 rings (SSSR count). The van der Waals surface area contributed by atoms with Crippen molar-refractivity contribution in [3.8, 4) is 0 Å². The van der Waals surface area contributed by atoms with Gasteiger partial charge in [-0.25, -0.2) is 0 Å². The molecule has 0 heterocycles. The molecule has 0 aromatic carbocycles. The highest BCUT2D eigenvalue weighted by Crippen LogP contribution is 2.15. The fourth-order valence-electron chi connectivity index (χ4n) is 7.32. The third kappa shape index (κ3) is 51.3. The lowest BCUT2D eigenvalue weighted by atomic mass is 10.0. The number of allylic oxidation sites excluding steroid dienone is 16. The van der Waals surface area contributed by atoms with E-state index in [2.05, 4.69) is 118 Å². The van der Waals surface area contributed by atoms with Gasteiger partial charge in [-0.05, 0) is 89.9 Å². The lowest BCUT2D eigenvalue weighted by Crippen LogP contribution is -2.30. The van der Waals surface area contributed by atoms with Crippen molar-refractivity contribution in [1.29, 1.82) is 0 Å². The molecular formula is C60H100O6. The third-order valence-corrected chi connectivity index (χ3v) is 11.3. The summed E-state index contributed by atoms with van der Waals surface area (Å²) in [6, 6.07) is 0. The third-order valence-electron chi connectivity index (χ3n) is 11.3. The molecule has 0 fully saturated rings. The summed E-state index contributed by atoms with van der Waals surface area (Å²) in [5, 5.41) is 0. The van der Waals surface area contributed by atoms with Crippen molar-refractivity contribution in [2.24, 2.45) is 0 Å². The van der Waals surface area contributed by atoms with E-state index in [1.54, 1.807) is 0 Å². The summed E-state index contributed by atoms with van der Waals surface area (Å²) < 4.78 is 16.7. The van der Waals surface area contributed by atoms with Gasteiger partial charge in [-0.15, -0.1) is 0 Å². The standard InChI is InChI=1S/C60H100O6/c1-4-7-10-13-16-19-22-24-26-28-30-32-33-35-38-41-44-47-50-53-59(62)65-56-57(55-64-58(61)52-49-46-43-40-37-21-18-15-12-9-6-3)66-60(63)54-51-48-45-42-39-36-34-31-29-27-25-23-20-17-14-11-8-5-2/h7,9-10,12,16,18-19,21,24,26,30,32,35,38,40,43,57H,4-6,8,11,13-15,17,20,22-23,25,27-29,31,33-34,36-37,39,41-42,44-56H2,1-3H3/b10-7-,12-9-,19-16-,21-18-,26-24-,32-30-,38-35-,43-40-. The number of hydrogen-bond donors (Lipinski definition) is 0. The van der Waals surface area contributed by atoms with Gasteiger partial charge in [0, 0.05) is 19.3 Å². The molecule has 0 saturated carbocycles. The van der Waals surface area contributed by atoms with Crippen LogP contribution in [0.3, 0.4) is 0 Å². The molecule has 0 spiro atoms. The summed E-state index contributed by atoms with van der Waals surface area (Å²) >= 11 is 0. The van der Waals surface area contributed by atoms with Crippen molar-refractivity contribution in [2.75, 3.05) is 13.2 Å². The maximum absolute atomic E-state index is 12.8. The second-order valence-corrected chi connectivity index (χ2v) is 17.7. The van der Waals surface area contributed by atoms with Crippen LogP contribution in [0.25, 0.3) is 0 Å². The molecule has 0 aliphatic carbocycles. The van der Waals surface area contributed by atoms with Crippen LogP contribution in [0.4, 0.5) is 0 Å². The molecule has 0 aliphatic heterocycles. The Labute approximate surface area is 407 Å². The number of carbonyl (C=O) groups excluding carboxylic acids is 3. The Hall–Kier alpha value is -3.67. The van der Waals surface area contributed by atoms with Gasteiger partial charge in [-0.3, -0.25) is 14.4 Å². The molecule has 6 heteroatoms. The van der Waals surface area contributed by atoms with Crippen molar-refractivity contribution >= 4 is 17.9 Å². The number of rotatable bonds is 48. The normalized spacial score (nSPS) is 12.8. The molecule has 66 heavy (non-hydrogen) atoms. The van der Waals surface area contributed by atoms with Crippen LogP contribution < -0.4 is 0 Å². The first-order chi connectivity index (χ1) is 32.5. The molecule has 0 radical (unpaired) electrons. The van der Waals surface area contributed by atoms with Gasteiger partial charge in [0.15, 0.2) is 6.10 Å². The van der Waals surface area contributed by atoms with Crippen LogP contribution in [0.2, 0.25) is 0 Å². The quantitative estimate of drug-likeness (QED) is 0.0262. The highest BCUT2D eigenvalue weighted by atomic mass is 16.6. The number of ether oxygens (including phenoxy) is 3. The predicted octanol–water partition coefficient (Wildman–Crippen LogP) is 18.1. The van der Waals surface area contributed by atoms with Crippen LogP contribution in [0.15, 0.2) is 97.2 Å². The highest BCUT2D eigenvalue weighted by molar-refractivity contribution is 5.71. The molecular weight excluding hydrogens is 817 g/mol. The Morgan fingerprint density at radius 3 is 0.985 bits per heavy atom. The van der Waals surface area contributed by atoms with Gasteiger partial charge in [-0.2, -0.15) is 0 Å². The zero-order chi connectivity index (χ0) is 47.9. The average molecular weight is 917 g/mol. The van der Waals surface area contributed by atoms with Crippen molar-refractivity contribution in [3.63, 3.8) is 0 Å². The number of carbonyl (C=O) groups is 3. The van der Waals surface area contributed by atoms with Gasteiger partial charge in [0.2, 0.25) is 0 Å². The average Bonchev–Trinajstić information content (AvgIpc) is 3.31. The number of hydrogen-bond acceptors (Lipinski definition) is 6. The Kier molecular flexibility index (Phi) is 50.9. The first-order valence-electron chi connectivity index (χ1n) is 27.2. The minimum atomic E-state index is -0.810. The molecule has 0 N–H and O–H groups in total. The fourth-order valence-corrected chi connectivity index (χ4v) is 7.32. The lowest BCUT2D eigenvalue weighted by molar-refractivity contribution is -0.167. The van der Waals surface area contributed by atoms with E-state index in [0.29, 0.717) is 19.3 Å². The molecule has 0 saturated heterocycles. The van der Waals surface area contributed by atoms with Crippen LogP contribution in [0.1, 0.15) is 245 Å². The zero-order valence-electron chi connectivity index (χ0n) is 42.9. The van der Waals surface area contributed by atoms with Gasteiger partial charge in [0.1, 0.15) is 13.2 Å². The molecule has 0 aromatic heterocycles. The molecule has 0 aliphatic rings. The molecule has 6 nitrogen and oxygen atoms in total. The smallest absolute Gasteiger partial charge is 0.306 e. The van der Waals surface area contributed by atoms with Gasteiger partial charge in [0.05, 0.1) is 0 Å². The van der Waals surface area contributed by atoms with E-state index in [9.17, 15) is 14.4 Å². The monoisotopic (exact) mass is 917 g/mol. The Balaban J connectivity index is 4.43. The summed E-state index contributed by atoms with van der Waals surface area (Å²) in [7, 11) is 0. The molecule has 0 bridgehead atoms. The SMILES string of the molecule is CC/C=C\C/C=C\C/C=C\C/C=C\C/C=C\CCCCCC(=O)OCC(COC(=O)CCC/C=C\C/C=C\C/C=C\CC)OC(=O)CCCCCCCCCCCCCCCCCCCC. The fraction of sp³-hybridized carbons (Fsp3) is 0.683. The zero-order valence-corrected chi connectivity index (χ0v) is 42.9. The van der Waals surface area contributed by atoms with Gasteiger partial charge in [0.25, 0.3) is 0 Å². The summed E-state index contributed by atoms with van der Waals surface area (Å²) in [6.45, 7) is 6.34. The van der Waals surface area contributed by atoms with Crippen molar-refractivity contribution < 1.29 is 28.6 Å². The second-order valence-electron chi connectivity index (χ2n) is 17.7. The maximum atomic E-state index is 12.8. The van der Waals surface area contributed by atoms with E-state index in [1.807, 2.05) is 0 Å². The summed E-state index contributed by atoms with van der Waals surface area (Å²) in [5.74, 6) is -0.992. The summed E-state index contributed by atoms with van der Waals surface area (Å²) in [4.78, 5) is 38.0.